The van der Waals surface area contributed by atoms with E-state index in [1.54, 1.807) is 0 Å². The zero-order valence-electron chi connectivity index (χ0n) is 17.7. The molecule has 0 bridgehead atoms. The van der Waals surface area contributed by atoms with Gasteiger partial charge in [0.25, 0.3) is 5.69 Å². The van der Waals surface area contributed by atoms with Gasteiger partial charge in [-0.05, 0) is 6.07 Å². The van der Waals surface area contributed by atoms with Gasteiger partial charge in [0.15, 0.2) is 28.7 Å². The molecular weight excluding hydrogens is 440 g/mol. The number of fused-ring (bicyclic) bond motifs is 1. The summed E-state index contributed by atoms with van der Waals surface area (Å²) in [5.74, 6) is 0.413. The van der Waals surface area contributed by atoms with Gasteiger partial charge in [0.1, 0.15) is 30.2 Å². The van der Waals surface area contributed by atoms with Crippen LogP contribution in [0.3, 0.4) is 0 Å². The van der Waals surface area contributed by atoms with Crippen molar-refractivity contribution in [2.45, 2.75) is 30.5 Å². The molecule has 33 heavy (non-hydrogen) atoms. The molecule has 1 aliphatic rings. The van der Waals surface area contributed by atoms with Gasteiger partial charge >= 0.3 is 0 Å². The Labute approximate surface area is 186 Å². The number of nitrogen functional groups attached to an aromatic ring is 1. The van der Waals surface area contributed by atoms with E-state index in [0.717, 1.165) is 0 Å². The second-order valence-corrected chi connectivity index (χ2v) is 7.43. The summed E-state index contributed by atoms with van der Waals surface area (Å²) in [6.45, 7) is -0.613. The predicted octanol–water partition coefficient (Wildman–Crippen LogP) is -0.658. The van der Waals surface area contributed by atoms with Gasteiger partial charge in [-0.1, -0.05) is 0 Å². The fraction of sp³-hybridized carbons (Fsp3) is 0.421. The minimum atomic E-state index is -1.84. The first kappa shape index (κ1) is 22.6. The minimum Gasteiger partial charge on any atom is -0.493 e. The third-order valence-electron chi connectivity index (χ3n) is 5.70. The molecule has 3 heterocycles. The number of nitrogens with two attached hydrogens (primary N) is 1. The molecule has 14 heteroatoms. The molecule has 1 saturated heterocycles. The van der Waals surface area contributed by atoms with E-state index in [0.29, 0.717) is 0 Å². The molecule has 0 aliphatic carbocycles. The van der Waals surface area contributed by atoms with E-state index in [1.807, 2.05) is 0 Å². The topological polar surface area (TPSA) is 201 Å². The highest BCUT2D eigenvalue weighted by Crippen LogP contribution is 2.44. The summed E-state index contributed by atoms with van der Waals surface area (Å²) in [5, 5.41) is 43.2. The molecular formula is C19H22N6O8. The van der Waals surface area contributed by atoms with Crippen molar-refractivity contribution in [3.05, 3.63) is 40.5 Å². The highest BCUT2D eigenvalue weighted by atomic mass is 16.6. The van der Waals surface area contributed by atoms with Gasteiger partial charge in [-0.3, -0.25) is 14.7 Å². The van der Waals surface area contributed by atoms with Crippen LogP contribution >= 0.6 is 0 Å². The van der Waals surface area contributed by atoms with E-state index in [-0.39, 0.29) is 46.2 Å². The lowest BCUT2D eigenvalue weighted by Crippen LogP contribution is -2.47. The van der Waals surface area contributed by atoms with Crippen molar-refractivity contribution in [1.29, 1.82) is 0 Å². The van der Waals surface area contributed by atoms with Gasteiger partial charge in [0, 0.05) is 12.0 Å². The number of nitro benzene ring substituents is 1. The number of aliphatic hydroxyl groups is 3. The molecule has 0 saturated carbocycles. The van der Waals surface area contributed by atoms with Crippen molar-refractivity contribution >= 4 is 22.7 Å². The number of hydrogen-bond acceptors (Lipinski definition) is 12. The van der Waals surface area contributed by atoms with Crippen LogP contribution in [-0.2, 0) is 16.9 Å². The Morgan fingerprint density at radius 3 is 2.55 bits per heavy atom. The number of benzene rings is 1. The number of anilines is 1. The first-order valence-corrected chi connectivity index (χ1v) is 9.75. The Hall–Kier alpha value is -3.59. The van der Waals surface area contributed by atoms with E-state index in [2.05, 4.69) is 15.0 Å². The van der Waals surface area contributed by atoms with Gasteiger partial charge < -0.3 is 35.3 Å². The van der Waals surface area contributed by atoms with Crippen LogP contribution in [-0.4, -0.2) is 78.9 Å². The minimum absolute atomic E-state index is 0.0674. The maximum Gasteiger partial charge on any atom is 0.276 e. The van der Waals surface area contributed by atoms with Crippen LogP contribution in [0.5, 0.6) is 11.5 Å². The van der Waals surface area contributed by atoms with Crippen molar-refractivity contribution in [2.75, 3.05) is 26.6 Å². The largest absolute Gasteiger partial charge is 0.493 e. The first-order valence-electron chi connectivity index (χ1n) is 9.75. The van der Waals surface area contributed by atoms with Crippen LogP contribution in [0.15, 0.2) is 24.8 Å². The number of ether oxygens (including phenoxy) is 3. The molecule has 1 aromatic carbocycles. The molecule has 0 amide bonds. The maximum absolute atomic E-state index is 11.8. The molecule has 0 spiro atoms. The molecule has 0 unspecified atom stereocenters. The lowest BCUT2D eigenvalue weighted by molar-refractivity contribution is -0.386. The molecule has 1 fully saturated rings. The Morgan fingerprint density at radius 2 is 1.94 bits per heavy atom. The normalized spacial score (nSPS) is 24.8. The number of nitrogens with zero attached hydrogens (tertiary/aromatic N) is 5. The van der Waals surface area contributed by atoms with E-state index in [1.165, 1.54) is 43.6 Å². The lowest BCUT2D eigenvalue weighted by Gasteiger charge is -2.34. The zero-order chi connectivity index (χ0) is 23.9. The molecule has 0 radical (unpaired) electrons. The van der Waals surface area contributed by atoms with Gasteiger partial charge in [-0.2, -0.15) is 0 Å². The lowest BCUT2D eigenvalue weighted by atomic mass is 9.93. The second-order valence-electron chi connectivity index (χ2n) is 7.43. The van der Waals surface area contributed by atoms with E-state index < -0.39 is 35.6 Å². The molecule has 1 aliphatic heterocycles. The number of rotatable bonds is 7. The average molecular weight is 462 g/mol. The quantitative estimate of drug-likeness (QED) is 0.255. The van der Waals surface area contributed by atoms with Crippen LogP contribution in [0.1, 0.15) is 5.56 Å². The summed E-state index contributed by atoms with van der Waals surface area (Å²) < 4.78 is 17.7. The number of nitro groups is 1. The molecule has 14 nitrogen and oxygen atoms in total. The van der Waals surface area contributed by atoms with Gasteiger partial charge in [-0.25, -0.2) is 15.0 Å². The third-order valence-corrected chi connectivity index (χ3v) is 5.70. The van der Waals surface area contributed by atoms with Crippen LogP contribution in [0.2, 0.25) is 0 Å². The first-order chi connectivity index (χ1) is 15.8. The Morgan fingerprint density at radius 1 is 1.24 bits per heavy atom. The van der Waals surface area contributed by atoms with E-state index in [4.69, 9.17) is 19.9 Å². The highest BCUT2D eigenvalue weighted by Gasteiger charge is 2.56. The number of hydrogen-bond donors (Lipinski definition) is 4. The monoisotopic (exact) mass is 462 g/mol. The number of aliphatic hydroxyl groups excluding tert-OH is 3. The van der Waals surface area contributed by atoms with Crippen LogP contribution in [0.4, 0.5) is 11.5 Å². The summed E-state index contributed by atoms with van der Waals surface area (Å²) in [4.78, 5) is 23.4. The fourth-order valence-corrected chi connectivity index (χ4v) is 4.07. The zero-order valence-corrected chi connectivity index (χ0v) is 17.7. The van der Waals surface area contributed by atoms with Gasteiger partial charge in [-0.15, -0.1) is 0 Å². The fourth-order valence-electron chi connectivity index (χ4n) is 4.07. The molecule has 176 valence electrons. The summed E-state index contributed by atoms with van der Waals surface area (Å²) in [5.41, 5.74) is 4.17. The van der Waals surface area contributed by atoms with E-state index >= 15 is 0 Å². The summed E-state index contributed by atoms with van der Waals surface area (Å²) >= 11 is 0. The summed E-state index contributed by atoms with van der Waals surface area (Å²) in [6, 6.07) is 2.57. The Kier molecular flexibility index (Phi) is 5.75. The van der Waals surface area contributed by atoms with Crippen LogP contribution < -0.4 is 15.2 Å². The van der Waals surface area contributed by atoms with Crippen molar-refractivity contribution in [3.8, 4) is 11.5 Å². The summed E-state index contributed by atoms with van der Waals surface area (Å²) in [7, 11) is 2.72. The smallest absolute Gasteiger partial charge is 0.276 e. The predicted molar refractivity (Wildman–Crippen MR) is 112 cm³/mol. The average Bonchev–Trinajstić information content (AvgIpc) is 3.35. The molecule has 4 atom stereocenters. The van der Waals surface area contributed by atoms with Gasteiger partial charge in [0.2, 0.25) is 0 Å². The van der Waals surface area contributed by atoms with Crippen LogP contribution in [0, 0.1) is 10.1 Å². The number of imidazole rings is 1. The molecule has 4 rings (SSSR count). The van der Waals surface area contributed by atoms with Crippen molar-refractivity contribution in [2.24, 2.45) is 0 Å². The third kappa shape index (κ3) is 3.48. The van der Waals surface area contributed by atoms with Crippen molar-refractivity contribution < 1.29 is 34.5 Å². The van der Waals surface area contributed by atoms with E-state index in [9.17, 15) is 25.4 Å². The van der Waals surface area contributed by atoms with Crippen molar-refractivity contribution in [3.63, 3.8) is 0 Å². The second kappa shape index (κ2) is 8.40. The number of methoxy groups -OCH3 is 2. The number of aromatic nitrogens is 4. The van der Waals surface area contributed by atoms with Crippen molar-refractivity contribution in [1.82, 2.24) is 19.5 Å². The maximum atomic E-state index is 11.8. The summed E-state index contributed by atoms with van der Waals surface area (Å²) in [6.07, 6.45) is -2.19. The standard InChI is InChI=1S/C19H22N6O8/c1-31-11-3-9(10(25(29)30)4-12(11)32-2)5-19(16(28)15(27)13(6-26)33-19)24-8-23-14-17(20)21-7-22-18(14)24/h3-4,7-8,13,15-16,26-28H,5-6H2,1-2H3,(H2,20,21,22)/t13-,15-,16-,19-/m1/s1. The van der Waals surface area contributed by atoms with Crippen LogP contribution in [0.25, 0.3) is 11.2 Å². The highest BCUT2D eigenvalue weighted by molar-refractivity contribution is 5.81. The molecule has 5 N–H and O–H groups in total. The van der Waals surface area contributed by atoms with Gasteiger partial charge in [0.05, 0.1) is 38.1 Å². The molecule has 3 aromatic rings. The Bertz CT molecular complexity index is 1200. The SMILES string of the molecule is COc1cc(C[C@@]2(n3cnc4c(N)ncnc43)O[C@H](CO)[C@@H](O)[C@H]2O)c([N+](=O)[O-])cc1OC. The Balaban J connectivity index is 1.95. The molecule has 2 aromatic heterocycles.